The Morgan fingerprint density at radius 2 is 0.417 bits per heavy atom. The van der Waals surface area contributed by atoms with Crippen molar-refractivity contribution >= 4 is 76.7 Å². The van der Waals surface area contributed by atoms with Crippen molar-refractivity contribution in [1.82, 2.24) is 0 Å². The fraction of sp³-hybridized carbons (Fsp3) is 0. The van der Waals surface area contributed by atoms with Crippen LogP contribution in [0.5, 0.6) is 0 Å². The van der Waals surface area contributed by atoms with Gasteiger partial charge in [-0.05, 0) is 0 Å². The minimum atomic E-state index is 0. The Balaban J connectivity index is -0.00000000500. The first-order chi connectivity index (χ1) is 5.00. The van der Waals surface area contributed by atoms with Gasteiger partial charge in [-0.25, -0.2) is 0 Å². The van der Waals surface area contributed by atoms with Gasteiger partial charge in [0, 0.05) is 43.6 Å². The van der Waals surface area contributed by atoms with E-state index < -0.39 is 0 Å². The number of rotatable bonds is 0. The molecule has 0 fully saturated rings. The van der Waals surface area contributed by atoms with Gasteiger partial charge in [0.15, 0.2) is 0 Å². The fourth-order valence-electron chi connectivity index (χ4n) is 0. The molecule has 0 spiro atoms. The topological polar surface area (TPSA) is 101 Å². The fourth-order valence-corrected chi connectivity index (χ4v) is 0. The summed E-state index contributed by atoms with van der Waals surface area (Å²) in [5.41, 5.74) is 0. The maximum atomic E-state index is 6.47. The summed E-state index contributed by atoms with van der Waals surface area (Å²) in [4.78, 5) is 0. The summed E-state index contributed by atoms with van der Waals surface area (Å²) in [6.07, 6.45) is 0. The summed E-state index contributed by atoms with van der Waals surface area (Å²) < 4.78 is 32.4. The van der Waals surface area contributed by atoms with E-state index in [2.05, 4.69) is 59.3 Å². The molecule has 0 saturated heterocycles. The Labute approximate surface area is 125 Å². The maximum Gasteiger partial charge on any atom is 0.0579 e. The normalized spacial score (nSPS) is 2.50. The standard InChI is InChI=1S/Al.5ClHO.Zr/c;5*1-2;/h;5*2H;. The first-order valence-corrected chi connectivity index (χ1v) is 2.54. The Kier molecular flexibility index (Phi) is 1200. The van der Waals surface area contributed by atoms with Crippen molar-refractivity contribution in [2.45, 2.75) is 0 Å². The van der Waals surface area contributed by atoms with Crippen LogP contribution < -0.4 is 0 Å². The molecule has 0 heterocycles. The Hall–Kier alpha value is 2.67. The molecule has 0 aliphatic carbocycles. The van der Waals surface area contributed by atoms with Crippen molar-refractivity contribution in [1.29, 1.82) is 0 Å². The molecule has 0 aromatic rings. The second-order valence-corrected chi connectivity index (χ2v) is 0. The summed E-state index contributed by atoms with van der Waals surface area (Å²) in [6.45, 7) is 0. The van der Waals surface area contributed by atoms with Gasteiger partial charge in [-0.15, -0.1) is 0 Å². The molecule has 0 amide bonds. The van der Waals surface area contributed by atoms with Crippen LogP contribution in [-0.4, -0.2) is 40.7 Å². The van der Waals surface area contributed by atoms with Crippen LogP contribution in [0.3, 0.4) is 0 Å². The van der Waals surface area contributed by atoms with Crippen LogP contribution >= 0.6 is 59.3 Å². The van der Waals surface area contributed by atoms with E-state index in [4.69, 9.17) is 23.3 Å². The third-order valence-corrected chi connectivity index (χ3v) is 0. The number of hydrogen-bond donors (Lipinski definition) is 5. The molecule has 3 radical (unpaired) electrons. The molecular formula is H5AlCl5O5Zr. The molecule has 0 bridgehead atoms. The molecule has 12 heavy (non-hydrogen) atoms. The van der Waals surface area contributed by atoms with Gasteiger partial charge < -0.3 is 0 Å². The van der Waals surface area contributed by atoms with Gasteiger partial charge >= 0.3 is 0 Å². The van der Waals surface area contributed by atoms with E-state index in [1.54, 1.807) is 0 Å². The first-order valence-electron chi connectivity index (χ1n) is 0.845. The molecule has 77 valence electrons. The van der Waals surface area contributed by atoms with E-state index in [0.29, 0.717) is 0 Å². The van der Waals surface area contributed by atoms with Gasteiger partial charge in [-0.3, -0.25) is 23.3 Å². The van der Waals surface area contributed by atoms with Crippen molar-refractivity contribution in [2.24, 2.45) is 0 Å². The van der Waals surface area contributed by atoms with Crippen LogP contribution in [0, 0.1) is 0 Å². The summed E-state index contributed by atoms with van der Waals surface area (Å²) in [5.74, 6) is 0. The van der Waals surface area contributed by atoms with Crippen molar-refractivity contribution in [3.63, 3.8) is 0 Å². The molecule has 5 nitrogen and oxygen atoms in total. The molecule has 0 aliphatic heterocycles. The molecule has 0 rings (SSSR count). The molecule has 5 N–H and O–H groups in total. The van der Waals surface area contributed by atoms with Crippen LogP contribution in [0.1, 0.15) is 0 Å². The Morgan fingerprint density at radius 1 is 0.417 bits per heavy atom. The molecule has 0 unspecified atom stereocenters. The summed E-state index contributed by atoms with van der Waals surface area (Å²) in [6, 6.07) is 0. The van der Waals surface area contributed by atoms with E-state index in [1.165, 1.54) is 0 Å². The van der Waals surface area contributed by atoms with Gasteiger partial charge in [0.25, 0.3) is 0 Å². The Morgan fingerprint density at radius 3 is 0.417 bits per heavy atom. The zero-order valence-corrected chi connectivity index (χ0v) is 12.6. The third-order valence-electron chi connectivity index (χ3n) is 0. The van der Waals surface area contributed by atoms with Crippen molar-refractivity contribution in [3.05, 3.63) is 0 Å². The largest absolute Gasteiger partial charge is 0.295 e. The van der Waals surface area contributed by atoms with Crippen molar-refractivity contribution in [2.75, 3.05) is 0 Å². The third kappa shape index (κ3) is 243. The first kappa shape index (κ1) is 46.6. The molecule has 0 aromatic heterocycles. The molecule has 12 heteroatoms. The van der Waals surface area contributed by atoms with Gasteiger partial charge in [0.1, 0.15) is 0 Å². The quantitative estimate of drug-likeness (QED) is 0.389. The van der Waals surface area contributed by atoms with Crippen LogP contribution in [0.2, 0.25) is 0 Å². The van der Waals surface area contributed by atoms with Gasteiger partial charge in [-0.1, -0.05) is 0 Å². The van der Waals surface area contributed by atoms with Crippen LogP contribution in [0.4, 0.5) is 0 Å². The monoisotopic (exact) mass is 377 g/mol. The van der Waals surface area contributed by atoms with E-state index in [-0.39, 0.29) is 43.6 Å². The van der Waals surface area contributed by atoms with Crippen LogP contribution in [-0.2, 0) is 26.2 Å². The number of hydrogen-bond acceptors (Lipinski definition) is 5. The molecule has 0 atom stereocenters. The zero-order chi connectivity index (χ0) is 10.0. The Bertz CT molecular complexity index is 19.8. The smallest absolute Gasteiger partial charge is 0.0579 e. The van der Waals surface area contributed by atoms with Crippen LogP contribution in [0.25, 0.3) is 0 Å². The minimum Gasteiger partial charge on any atom is -0.295 e. The molecule has 0 aliphatic rings. The average Bonchev–Trinajstić information content (AvgIpc) is 2.20. The van der Waals surface area contributed by atoms with Crippen molar-refractivity contribution < 1.29 is 49.5 Å². The van der Waals surface area contributed by atoms with E-state index in [0.717, 1.165) is 0 Å². The zero-order valence-electron chi connectivity index (χ0n) is 5.20. The second-order valence-electron chi connectivity index (χ2n) is 0. The van der Waals surface area contributed by atoms with E-state index >= 15 is 0 Å². The van der Waals surface area contributed by atoms with E-state index in [9.17, 15) is 0 Å². The molecular weight excluding hydrogens is 375 g/mol. The SMILES string of the molecule is OCl.OCl.OCl.OCl.OCl.[Al].[Zr]. The average molecular weight is 381 g/mol. The molecule has 0 aromatic carbocycles. The maximum absolute atomic E-state index is 6.47. The molecule has 0 saturated carbocycles. The summed E-state index contributed by atoms with van der Waals surface area (Å²) >= 11 is 18.2. The number of halogens is 5. The second kappa shape index (κ2) is 309. The van der Waals surface area contributed by atoms with E-state index in [1.807, 2.05) is 0 Å². The minimum absolute atomic E-state index is 0. The van der Waals surface area contributed by atoms with Gasteiger partial charge in [0.2, 0.25) is 0 Å². The summed E-state index contributed by atoms with van der Waals surface area (Å²) in [7, 11) is 0. The predicted octanol–water partition coefficient (Wildman–Crippen LogP) is 0.279. The van der Waals surface area contributed by atoms with Gasteiger partial charge in [-0.2, -0.15) is 0 Å². The summed E-state index contributed by atoms with van der Waals surface area (Å²) in [5, 5.41) is 0. The van der Waals surface area contributed by atoms with Crippen LogP contribution in [0.15, 0.2) is 0 Å². The van der Waals surface area contributed by atoms with Crippen molar-refractivity contribution in [3.8, 4) is 0 Å². The predicted molar refractivity (Wildman–Crippen MR) is 46.1 cm³/mol. The van der Waals surface area contributed by atoms with Gasteiger partial charge in [0.05, 0.1) is 59.3 Å².